The van der Waals surface area contributed by atoms with E-state index in [9.17, 15) is 0 Å². The molecule has 0 bridgehead atoms. The van der Waals surface area contributed by atoms with Gasteiger partial charge in [-0.1, -0.05) is 24.3 Å². The lowest BCUT2D eigenvalue weighted by Crippen LogP contribution is -2.16. The summed E-state index contributed by atoms with van der Waals surface area (Å²) < 4.78 is 0. The molecule has 0 radical (unpaired) electrons. The maximum Gasteiger partial charge on any atom is 0.128 e. The molecule has 0 aliphatic carbocycles. The summed E-state index contributed by atoms with van der Waals surface area (Å²) in [6.07, 6.45) is 1.87. The van der Waals surface area contributed by atoms with Gasteiger partial charge in [0.05, 0.1) is 22.6 Å². The molecule has 1 aliphatic rings. The molecule has 0 unspecified atom stereocenters. The zero-order valence-electron chi connectivity index (χ0n) is 10.5. The van der Waals surface area contributed by atoms with Gasteiger partial charge in [0.2, 0.25) is 0 Å². The summed E-state index contributed by atoms with van der Waals surface area (Å²) in [7, 11) is 0. The molecule has 2 aromatic heterocycles. The van der Waals surface area contributed by atoms with Gasteiger partial charge >= 0.3 is 0 Å². The second kappa shape index (κ2) is 3.96. The van der Waals surface area contributed by atoms with Crippen molar-refractivity contribution in [2.75, 3.05) is 17.3 Å². The van der Waals surface area contributed by atoms with E-state index >= 15 is 0 Å². The molecule has 0 fully saturated rings. The monoisotopic (exact) mass is 267 g/mol. The van der Waals surface area contributed by atoms with E-state index in [4.69, 9.17) is 0 Å². The Hall–Kier alpha value is -2.07. The number of thiophene rings is 1. The van der Waals surface area contributed by atoms with Crippen LogP contribution in [0.2, 0.25) is 0 Å². The molecule has 0 saturated heterocycles. The van der Waals surface area contributed by atoms with Crippen LogP contribution in [-0.2, 0) is 0 Å². The number of aromatic nitrogens is 1. The van der Waals surface area contributed by atoms with Crippen LogP contribution in [0.3, 0.4) is 0 Å². The molecular formula is C15H13N3S. The number of hydrogen-bond acceptors (Lipinski definition) is 4. The first kappa shape index (κ1) is 10.8. The van der Waals surface area contributed by atoms with Crippen LogP contribution in [0, 0.1) is 6.92 Å². The largest absolute Gasteiger partial charge is 0.367 e. The van der Waals surface area contributed by atoms with Crippen LogP contribution in [-0.4, -0.2) is 11.7 Å². The van der Waals surface area contributed by atoms with Gasteiger partial charge in [0.1, 0.15) is 4.83 Å². The molecule has 4 rings (SSSR count). The summed E-state index contributed by atoms with van der Waals surface area (Å²) in [4.78, 5) is 6.87. The Balaban J connectivity index is 2.07. The average Bonchev–Trinajstić information content (AvgIpc) is 2.81. The summed E-state index contributed by atoms with van der Waals surface area (Å²) in [5.41, 5.74) is 4.99. The lowest BCUT2D eigenvalue weighted by molar-refractivity contribution is 1.21. The summed E-state index contributed by atoms with van der Waals surface area (Å²) in [5, 5.41) is 8.04. The van der Waals surface area contributed by atoms with Gasteiger partial charge in [-0.15, -0.1) is 11.3 Å². The van der Waals surface area contributed by atoms with Gasteiger partial charge < -0.3 is 10.6 Å². The van der Waals surface area contributed by atoms with Crippen molar-refractivity contribution in [2.24, 2.45) is 0 Å². The van der Waals surface area contributed by atoms with Crippen LogP contribution in [0.15, 0.2) is 36.5 Å². The van der Waals surface area contributed by atoms with E-state index in [2.05, 4.69) is 46.8 Å². The molecule has 19 heavy (non-hydrogen) atoms. The number of nitrogens with one attached hydrogen (secondary N) is 2. The molecule has 3 nitrogen and oxygen atoms in total. The van der Waals surface area contributed by atoms with Gasteiger partial charge in [0.25, 0.3) is 0 Å². The SMILES string of the molecule is Cc1ccccc1-c1sc2nccc3c2c1NCN3. The fourth-order valence-corrected chi connectivity index (χ4v) is 3.82. The van der Waals surface area contributed by atoms with Gasteiger partial charge in [0, 0.05) is 11.9 Å². The van der Waals surface area contributed by atoms with E-state index < -0.39 is 0 Å². The van der Waals surface area contributed by atoms with Crippen LogP contribution < -0.4 is 10.6 Å². The molecule has 0 saturated carbocycles. The standard InChI is InChI=1S/C15H13N3S/c1-9-4-2-3-5-10(9)14-13-12-11(17-8-18-13)6-7-16-15(12)19-14/h2-7,17-18H,8H2,1H3. The topological polar surface area (TPSA) is 37.0 Å². The highest BCUT2D eigenvalue weighted by Crippen LogP contribution is 2.46. The second-order valence-electron chi connectivity index (χ2n) is 4.69. The lowest BCUT2D eigenvalue weighted by Gasteiger charge is -2.18. The molecule has 0 spiro atoms. The first-order chi connectivity index (χ1) is 9.34. The maximum atomic E-state index is 4.50. The number of nitrogens with zero attached hydrogens (tertiary/aromatic N) is 1. The van der Waals surface area contributed by atoms with Gasteiger partial charge in [-0.05, 0) is 24.1 Å². The average molecular weight is 267 g/mol. The van der Waals surface area contributed by atoms with Crippen molar-refractivity contribution in [1.82, 2.24) is 4.98 Å². The van der Waals surface area contributed by atoms with Gasteiger partial charge in [-0.25, -0.2) is 4.98 Å². The lowest BCUT2D eigenvalue weighted by atomic mass is 10.0. The van der Waals surface area contributed by atoms with Gasteiger partial charge in [-0.3, -0.25) is 0 Å². The molecule has 2 N–H and O–H groups in total. The number of hydrogen-bond donors (Lipinski definition) is 2. The minimum Gasteiger partial charge on any atom is -0.367 e. The third-order valence-corrected chi connectivity index (χ3v) is 4.66. The van der Waals surface area contributed by atoms with E-state index in [0.29, 0.717) is 0 Å². The van der Waals surface area contributed by atoms with E-state index in [-0.39, 0.29) is 0 Å². The van der Waals surface area contributed by atoms with Crippen molar-refractivity contribution in [3.8, 4) is 10.4 Å². The molecular weight excluding hydrogens is 254 g/mol. The highest BCUT2D eigenvalue weighted by atomic mass is 32.1. The third kappa shape index (κ3) is 1.53. The molecule has 94 valence electrons. The fourth-order valence-electron chi connectivity index (χ4n) is 2.58. The Kier molecular flexibility index (Phi) is 2.26. The van der Waals surface area contributed by atoms with Crippen LogP contribution >= 0.6 is 11.3 Å². The molecule has 3 aromatic rings. The Morgan fingerprint density at radius 1 is 1.16 bits per heavy atom. The van der Waals surface area contributed by atoms with E-state index in [1.807, 2.05) is 12.3 Å². The Bertz CT molecular complexity index is 776. The van der Waals surface area contributed by atoms with E-state index in [1.165, 1.54) is 32.8 Å². The number of pyridine rings is 1. The number of aryl methyl sites for hydroxylation is 1. The van der Waals surface area contributed by atoms with Crippen LogP contribution in [0.5, 0.6) is 0 Å². The molecule has 0 amide bonds. The molecule has 1 aromatic carbocycles. The maximum absolute atomic E-state index is 4.50. The molecule has 0 atom stereocenters. The molecule has 3 heterocycles. The smallest absolute Gasteiger partial charge is 0.128 e. The summed E-state index contributed by atoms with van der Waals surface area (Å²) in [6.45, 7) is 2.92. The quantitative estimate of drug-likeness (QED) is 0.698. The zero-order valence-corrected chi connectivity index (χ0v) is 11.3. The van der Waals surface area contributed by atoms with Crippen LogP contribution in [0.1, 0.15) is 5.56 Å². The van der Waals surface area contributed by atoms with Crippen LogP contribution in [0.25, 0.3) is 20.7 Å². The summed E-state index contributed by atoms with van der Waals surface area (Å²) in [5.74, 6) is 0. The predicted molar refractivity (Wildman–Crippen MR) is 81.9 cm³/mol. The summed E-state index contributed by atoms with van der Waals surface area (Å²) in [6, 6.07) is 10.5. The van der Waals surface area contributed by atoms with Crippen molar-refractivity contribution in [3.05, 3.63) is 42.1 Å². The normalized spacial score (nSPS) is 13.1. The first-order valence-electron chi connectivity index (χ1n) is 6.30. The highest BCUT2D eigenvalue weighted by molar-refractivity contribution is 7.22. The minimum absolute atomic E-state index is 0.766. The van der Waals surface area contributed by atoms with Crippen molar-refractivity contribution >= 4 is 32.9 Å². The zero-order chi connectivity index (χ0) is 12.8. The Morgan fingerprint density at radius 3 is 2.95 bits per heavy atom. The van der Waals surface area contributed by atoms with Crippen molar-refractivity contribution in [2.45, 2.75) is 6.92 Å². The van der Waals surface area contributed by atoms with E-state index in [0.717, 1.165) is 11.5 Å². The van der Waals surface area contributed by atoms with Crippen molar-refractivity contribution in [1.29, 1.82) is 0 Å². The Labute approximate surface area is 115 Å². The second-order valence-corrected chi connectivity index (χ2v) is 5.69. The number of anilines is 2. The van der Waals surface area contributed by atoms with Gasteiger partial charge in [-0.2, -0.15) is 0 Å². The van der Waals surface area contributed by atoms with Crippen molar-refractivity contribution in [3.63, 3.8) is 0 Å². The molecule has 4 heteroatoms. The van der Waals surface area contributed by atoms with E-state index in [1.54, 1.807) is 11.3 Å². The Morgan fingerprint density at radius 2 is 2.05 bits per heavy atom. The minimum atomic E-state index is 0.766. The number of rotatable bonds is 1. The highest BCUT2D eigenvalue weighted by Gasteiger charge is 2.20. The van der Waals surface area contributed by atoms with Gasteiger partial charge in [0.15, 0.2) is 0 Å². The third-order valence-electron chi connectivity index (χ3n) is 3.53. The van der Waals surface area contributed by atoms with Crippen LogP contribution in [0.4, 0.5) is 11.4 Å². The van der Waals surface area contributed by atoms with Crippen molar-refractivity contribution < 1.29 is 0 Å². The number of benzene rings is 1. The summed E-state index contributed by atoms with van der Waals surface area (Å²) >= 11 is 1.76. The molecule has 1 aliphatic heterocycles. The first-order valence-corrected chi connectivity index (χ1v) is 7.11. The predicted octanol–water partition coefficient (Wildman–Crippen LogP) is 4.07. The fraction of sp³-hybridized carbons (Fsp3) is 0.133.